The molecule has 2 aliphatic carbocycles. The van der Waals surface area contributed by atoms with Gasteiger partial charge >= 0.3 is 0 Å². The van der Waals surface area contributed by atoms with Crippen molar-refractivity contribution in [2.75, 3.05) is 7.05 Å². The summed E-state index contributed by atoms with van der Waals surface area (Å²) in [5.74, 6) is 3.17. The van der Waals surface area contributed by atoms with Crippen LogP contribution in [0.3, 0.4) is 0 Å². The van der Waals surface area contributed by atoms with Crippen LogP contribution < -0.4 is 5.32 Å². The molecule has 0 spiro atoms. The molecule has 0 aromatic carbocycles. The average Bonchev–Trinajstić information content (AvgIpc) is 2.62. The van der Waals surface area contributed by atoms with E-state index in [1.165, 1.54) is 25.7 Å². The van der Waals surface area contributed by atoms with Crippen LogP contribution in [-0.2, 0) is 0 Å². The maximum Gasteiger partial charge on any atom is 0.00667 e. The largest absolute Gasteiger partial charge is 0.317 e. The molecular formula is C10H19N. The van der Waals surface area contributed by atoms with Gasteiger partial charge in [-0.25, -0.2) is 0 Å². The zero-order valence-electron chi connectivity index (χ0n) is 7.64. The number of nitrogens with one attached hydrogen (secondary N) is 1. The third-order valence-corrected chi connectivity index (χ3v) is 3.89. The number of hydrogen-bond acceptors (Lipinski definition) is 1. The molecule has 64 valence electrons. The van der Waals surface area contributed by atoms with Crippen molar-refractivity contribution in [1.82, 2.24) is 5.32 Å². The monoisotopic (exact) mass is 153 g/mol. The molecule has 0 amide bonds. The van der Waals surface area contributed by atoms with E-state index in [1.54, 1.807) is 0 Å². The third-order valence-electron chi connectivity index (χ3n) is 3.89. The van der Waals surface area contributed by atoms with E-state index in [0.29, 0.717) is 0 Å². The fraction of sp³-hybridized carbons (Fsp3) is 1.00. The molecule has 11 heavy (non-hydrogen) atoms. The molecule has 4 atom stereocenters. The summed E-state index contributed by atoms with van der Waals surface area (Å²) in [4.78, 5) is 0. The van der Waals surface area contributed by atoms with Crippen LogP contribution in [-0.4, -0.2) is 13.1 Å². The minimum Gasteiger partial charge on any atom is -0.317 e. The molecule has 2 rings (SSSR count). The normalized spacial score (nSPS) is 44.7. The fourth-order valence-corrected chi connectivity index (χ4v) is 3.12. The van der Waals surface area contributed by atoms with Crippen molar-refractivity contribution >= 4 is 0 Å². The molecule has 1 heteroatoms. The fourth-order valence-electron chi connectivity index (χ4n) is 3.12. The van der Waals surface area contributed by atoms with Gasteiger partial charge in [0.15, 0.2) is 0 Å². The summed E-state index contributed by atoms with van der Waals surface area (Å²) >= 11 is 0. The molecule has 0 heterocycles. The van der Waals surface area contributed by atoms with E-state index < -0.39 is 0 Å². The Morgan fingerprint density at radius 1 is 1.27 bits per heavy atom. The molecule has 2 bridgehead atoms. The van der Waals surface area contributed by atoms with Gasteiger partial charge in [0.25, 0.3) is 0 Å². The smallest absolute Gasteiger partial charge is 0.00667 e. The van der Waals surface area contributed by atoms with Crippen molar-refractivity contribution in [3.8, 4) is 0 Å². The Bertz CT molecular complexity index is 144. The summed E-state index contributed by atoms with van der Waals surface area (Å²) in [6.07, 6.45) is 6.09. The van der Waals surface area contributed by atoms with Gasteiger partial charge in [-0.05, 0) is 51.0 Å². The van der Waals surface area contributed by atoms with E-state index in [9.17, 15) is 0 Å². The Morgan fingerprint density at radius 2 is 2.09 bits per heavy atom. The van der Waals surface area contributed by atoms with Gasteiger partial charge in [0.1, 0.15) is 0 Å². The Kier molecular flexibility index (Phi) is 1.92. The van der Waals surface area contributed by atoms with Gasteiger partial charge in [0.05, 0.1) is 0 Å². The molecular weight excluding hydrogens is 134 g/mol. The quantitative estimate of drug-likeness (QED) is 0.640. The molecule has 0 aromatic heterocycles. The van der Waals surface area contributed by atoms with Crippen LogP contribution in [0.15, 0.2) is 0 Å². The summed E-state index contributed by atoms with van der Waals surface area (Å²) in [6, 6.07) is 0.755. The lowest BCUT2D eigenvalue weighted by Crippen LogP contribution is -2.33. The zero-order chi connectivity index (χ0) is 7.84. The molecule has 2 fully saturated rings. The van der Waals surface area contributed by atoms with Crippen LogP contribution in [0.4, 0.5) is 0 Å². The second-order valence-electron chi connectivity index (χ2n) is 4.42. The number of hydrogen-bond donors (Lipinski definition) is 1. The lowest BCUT2D eigenvalue weighted by Gasteiger charge is -2.27. The van der Waals surface area contributed by atoms with Crippen LogP contribution in [0.5, 0.6) is 0 Å². The van der Waals surface area contributed by atoms with E-state index in [-0.39, 0.29) is 0 Å². The molecule has 1 nitrogen and oxygen atoms in total. The number of fused-ring (bicyclic) bond motifs is 2. The second kappa shape index (κ2) is 2.78. The first kappa shape index (κ1) is 7.60. The molecule has 2 saturated carbocycles. The van der Waals surface area contributed by atoms with Crippen LogP contribution in [0.2, 0.25) is 0 Å². The summed E-state index contributed by atoms with van der Waals surface area (Å²) in [7, 11) is 2.09. The van der Waals surface area contributed by atoms with Crippen molar-refractivity contribution in [3.63, 3.8) is 0 Å². The van der Waals surface area contributed by atoms with Crippen LogP contribution in [0.25, 0.3) is 0 Å². The highest BCUT2D eigenvalue weighted by Gasteiger charge is 2.41. The van der Waals surface area contributed by atoms with Crippen molar-refractivity contribution in [2.24, 2.45) is 17.8 Å². The van der Waals surface area contributed by atoms with Crippen molar-refractivity contribution in [1.29, 1.82) is 0 Å². The van der Waals surface area contributed by atoms with Gasteiger partial charge in [0, 0.05) is 6.04 Å². The molecule has 0 aromatic rings. The van der Waals surface area contributed by atoms with Gasteiger partial charge in [-0.3, -0.25) is 0 Å². The molecule has 2 aliphatic rings. The highest BCUT2D eigenvalue weighted by molar-refractivity contribution is 4.93. The van der Waals surface area contributed by atoms with Gasteiger partial charge in [-0.2, -0.15) is 0 Å². The van der Waals surface area contributed by atoms with Crippen molar-refractivity contribution in [2.45, 2.75) is 38.6 Å². The van der Waals surface area contributed by atoms with E-state index in [1.807, 2.05) is 0 Å². The highest BCUT2D eigenvalue weighted by atomic mass is 14.9. The molecule has 0 unspecified atom stereocenters. The maximum atomic E-state index is 3.39. The Morgan fingerprint density at radius 3 is 2.55 bits per heavy atom. The molecule has 1 N–H and O–H groups in total. The molecule has 0 saturated heterocycles. The second-order valence-corrected chi connectivity index (χ2v) is 4.42. The number of rotatable bonds is 2. The standard InChI is InChI=1S/C10H19N/c1-7(11-2)10-6-8-3-4-9(10)5-8/h7-11H,3-6H2,1-2H3/t7-,8-,9-,10+/m0/s1. The zero-order valence-corrected chi connectivity index (χ0v) is 7.64. The minimum absolute atomic E-state index is 0.755. The van der Waals surface area contributed by atoms with Crippen LogP contribution in [0.1, 0.15) is 32.6 Å². The van der Waals surface area contributed by atoms with Crippen molar-refractivity contribution < 1.29 is 0 Å². The van der Waals surface area contributed by atoms with Gasteiger partial charge in [-0.15, -0.1) is 0 Å². The topological polar surface area (TPSA) is 12.0 Å². The summed E-state index contributed by atoms with van der Waals surface area (Å²) in [5.41, 5.74) is 0. The van der Waals surface area contributed by atoms with Crippen LogP contribution in [0, 0.1) is 17.8 Å². The van der Waals surface area contributed by atoms with E-state index >= 15 is 0 Å². The third kappa shape index (κ3) is 1.20. The maximum absolute atomic E-state index is 3.39. The first-order valence-corrected chi connectivity index (χ1v) is 4.98. The summed E-state index contributed by atoms with van der Waals surface area (Å²) < 4.78 is 0. The van der Waals surface area contributed by atoms with Gasteiger partial charge in [0.2, 0.25) is 0 Å². The van der Waals surface area contributed by atoms with Gasteiger partial charge in [-0.1, -0.05) is 6.42 Å². The predicted octanol–water partition coefficient (Wildman–Crippen LogP) is 2.03. The lowest BCUT2D eigenvalue weighted by atomic mass is 9.84. The predicted molar refractivity (Wildman–Crippen MR) is 47.5 cm³/mol. The lowest BCUT2D eigenvalue weighted by molar-refractivity contribution is 0.269. The summed E-state index contributed by atoms with van der Waals surface area (Å²) in [5, 5.41) is 3.39. The van der Waals surface area contributed by atoms with Gasteiger partial charge < -0.3 is 5.32 Å². The minimum atomic E-state index is 0.755. The average molecular weight is 153 g/mol. The van der Waals surface area contributed by atoms with E-state index in [0.717, 1.165) is 23.8 Å². The first-order chi connectivity index (χ1) is 5.31. The van der Waals surface area contributed by atoms with Crippen molar-refractivity contribution in [3.05, 3.63) is 0 Å². The molecule has 0 aliphatic heterocycles. The van der Waals surface area contributed by atoms with E-state index in [4.69, 9.17) is 0 Å². The highest BCUT2D eigenvalue weighted by Crippen LogP contribution is 2.49. The SMILES string of the molecule is CN[C@@H](C)[C@H]1C[C@H]2CC[C@H]1C2. The van der Waals surface area contributed by atoms with Crippen LogP contribution >= 0.6 is 0 Å². The first-order valence-electron chi connectivity index (χ1n) is 4.98. The Labute approximate surface area is 69.6 Å². The summed E-state index contributed by atoms with van der Waals surface area (Å²) in [6.45, 7) is 2.34. The Hall–Kier alpha value is -0.0400. The molecule has 0 radical (unpaired) electrons. The Balaban J connectivity index is 1.96. The van der Waals surface area contributed by atoms with E-state index in [2.05, 4.69) is 19.3 Å².